The van der Waals surface area contributed by atoms with Crippen LogP contribution in [0.15, 0.2) is 48.5 Å². The van der Waals surface area contributed by atoms with E-state index in [9.17, 15) is 19.5 Å². The van der Waals surface area contributed by atoms with E-state index in [1.807, 2.05) is 57.2 Å². The van der Waals surface area contributed by atoms with E-state index in [0.717, 1.165) is 35.1 Å². The minimum atomic E-state index is -1.06. The Morgan fingerprint density at radius 3 is 2.03 bits per heavy atom. The lowest BCUT2D eigenvalue weighted by Gasteiger charge is -2.36. The molecule has 4 rings (SSSR count). The van der Waals surface area contributed by atoms with Crippen molar-refractivity contribution in [3.8, 4) is 11.1 Å². The smallest absolute Gasteiger partial charge is 0.407 e. The standard InChI is InChI=1S/C27H32N2O5/c1-16(25(31)32)29(17-13-14-17)24(30)23(27(2,3)4)28-26(33)34-15-22-20-11-7-5-9-18(20)19-10-6-8-12-21(19)22/h5-12,16-17,22-23H,13-15H2,1-4H3,(H,28,33)(H,31,32)/t16?,23-/m1/s1. The van der Waals surface area contributed by atoms with Crippen LogP contribution in [0.2, 0.25) is 0 Å². The highest BCUT2D eigenvalue weighted by Gasteiger charge is 2.44. The SMILES string of the molecule is CC(C(=O)O)N(C(=O)[C@@H](NC(=O)OCC1c2ccccc2-c2ccccc21)C(C)(C)C)C1CC1. The summed E-state index contributed by atoms with van der Waals surface area (Å²) in [6.45, 7) is 7.18. The molecule has 0 radical (unpaired) electrons. The number of fused-ring (bicyclic) bond motifs is 3. The molecular weight excluding hydrogens is 432 g/mol. The second-order valence-corrected chi connectivity index (χ2v) is 10.3. The van der Waals surface area contributed by atoms with Crippen molar-refractivity contribution < 1.29 is 24.2 Å². The third-order valence-corrected chi connectivity index (χ3v) is 6.69. The van der Waals surface area contributed by atoms with E-state index in [0.29, 0.717) is 0 Å². The number of amides is 2. The summed E-state index contributed by atoms with van der Waals surface area (Å²) in [6, 6.07) is 14.2. The number of alkyl carbamates (subject to hydrolysis) is 1. The molecule has 7 heteroatoms. The molecule has 1 saturated carbocycles. The Morgan fingerprint density at radius 1 is 1.03 bits per heavy atom. The molecule has 0 bridgehead atoms. The van der Waals surface area contributed by atoms with Crippen molar-refractivity contribution in [3.05, 3.63) is 59.7 Å². The number of carbonyl (C=O) groups excluding carboxylic acids is 2. The number of hydrogen-bond donors (Lipinski definition) is 2. The van der Waals surface area contributed by atoms with Gasteiger partial charge in [-0.15, -0.1) is 0 Å². The van der Waals surface area contributed by atoms with Crippen molar-refractivity contribution in [1.82, 2.24) is 10.2 Å². The third kappa shape index (κ3) is 4.65. The molecule has 2 amide bonds. The zero-order valence-corrected chi connectivity index (χ0v) is 20.1. The molecule has 7 nitrogen and oxygen atoms in total. The Kier molecular flexibility index (Phi) is 6.39. The summed E-state index contributed by atoms with van der Waals surface area (Å²) < 4.78 is 5.64. The summed E-state index contributed by atoms with van der Waals surface area (Å²) in [5.41, 5.74) is 3.86. The molecule has 0 heterocycles. The topological polar surface area (TPSA) is 95.9 Å². The van der Waals surface area contributed by atoms with Gasteiger partial charge in [-0.3, -0.25) is 4.79 Å². The monoisotopic (exact) mass is 464 g/mol. The van der Waals surface area contributed by atoms with Crippen LogP contribution >= 0.6 is 0 Å². The third-order valence-electron chi connectivity index (χ3n) is 6.69. The summed E-state index contributed by atoms with van der Waals surface area (Å²) in [5.74, 6) is -1.54. The van der Waals surface area contributed by atoms with Crippen molar-refractivity contribution in [3.63, 3.8) is 0 Å². The van der Waals surface area contributed by atoms with Crippen molar-refractivity contribution in [1.29, 1.82) is 0 Å². The summed E-state index contributed by atoms with van der Waals surface area (Å²) in [6.07, 6.45) is 0.852. The van der Waals surface area contributed by atoms with Crippen LogP contribution < -0.4 is 5.32 Å². The Labute approximate surface area is 200 Å². The van der Waals surface area contributed by atoms with Gasteiger partial charge >= 0.3 is 12.1 Å². The van der Waals surface area contributed by atoms with E-state index in [-0.39, 0.29) is 18.6 Å². The van der Waals surface area contributed by atoms with E-state index in [2.05, 4.69) is 17.4 Å². The second kappa shape index (κ2) is 9.12. The minimum Gasteiger partial charge on any atom is -0.480 e. The molecule has 2 aromatic rings. The first-order valence-corrected chi connectivity index (χ1v) is 11.8. The summed E-state index contributed by atoms with van der Waals surface area (Å²) in [7, 11) is 0. The van der Waals surface area contributed by atoms with Gasteiger partial charge in [0.2, 0.25) is 5.91 Å². The van der Waals surface area contributed by atoms with Gasteiger partial charge in [-0.25, -0.2) is 9.59 Å². The average molecular weight is 465 g/mol. The van der Waals surface area contributed by atoms with Crippen LogP contribution in [0.25, 0.3) is 11.1 Å². The van der Waals surface area contributed by atoms with E-state index in [1.54, 1.807) is 0 Å². The quantitative estimate of drug-likeness (QED) is 0.633. The lowest BCUT2D eigenvalue weighted by molar-refractivity contribution is -0.152. The first kappa shape index (κ1) is 23.8. The summed E-state index contributed by atoms with van der Waals surface area (Å²) >= 11 is 0. The summed E-state index contributed by atoms with van der Waals surface area (Å²) in [4.78, 5) is 39.3. The Hall–Kier alpha value is -3.35. The molecule has 1 unspecified atom stereocenters. The number of nitrogens with one attached hydrogen (secondary N) is 1. The average Bonchev–Trinajstić information content (AvgIpc) is 3.57. The van der Waals surface area contributed by atoms with Gasteiger partial charge < -0.3 is 20.1 Å². The lowest BCUT2D eigenvalue weighted by Crippen LogP contribution is -2.58. The number of carboxylic acid groups (broad SMARTS) is 1. The highest BCUT2D eigenvalue weighted by molar-refractivity contribution is 5.90. The zero-order chi connectivity index (χ0) is 24.6. The van der Waals surface area contributed by atoms with Crippen LogP contribution in [0.5, 0.6) is 0 Å². The summed E-state index contributed by atoms with van der Waals surface area (Å²) in [5, 5.41) is 12.2. The number of benzene rings is 2. The van der Waals surface area contributed by atoms with Crippen LogP contribution in [0.1, 0.15) is 57.6 Å². The van der Waals surface area contributed by atoms with Crippen molar-refractivity contribution in [2.45, 2.75) is 64.6 Å². The molecular formula is C27H32N2O5. The molecule has 1 fully saturated rings. The minimum absolute atomic E-state index is 0.0862. The number of nitrogens with zero attached hydrogens (tertiary/aromatic N) is 1. The van der Waals surface area contributed by atoms with E-state index < -0.39 is 35.5 Å². The Balaban J connectivity index is 1.48. The number of ether oxygens (including phenoxy) is 1. The number of carbonyl (C=O) groups is 3. The van der Waals surface area contributed by atoms with Crippen LogP contribution in [0.4, 0.5) is 4.79 Å². The van der Waals surface area contributed by atoms with Crippen LogP contribution in [0, 0.1) is 5.41 Å². The molecule has 0 aromatic heterocycles. The molecule has 0 saturated heterocycles. The maximum atomic E-state index is 13.4. The van der Waals surface area contributed by atoms with Crippen LogP contribution in [-0.4, -0.2) is 52.7 Å². The molecule has 0 spiro atoms. The van der Waals surface area contributed by atoms with Gasteiger partial charge in [-0.2, -0.15) is 0 Å². The predicted molar refractivity (Wildman–Crippen MR) is 128 cm³/mol. The maximum absolute atomic E-state index is 13.4. The maximum Gasteiger partial charge on any atom is 0.407 e. The van der Waals surface area contributed by atoms with Gasteiger partial charge in [-0.05, 0) is 47.4 Å². The molecule has 2 atom stereocenters. The number of hydrogen-bond acceptors (Lipinski definition) is 4. The second-order valence-electron chi connectivity index (χ2n) is 10.3. The molecule has 0 aliphatic heterocycles. The fourth-order valence-electron chi connectivity index (χ4n) is 4.71. The van der Waals surface area contributed by atoms with Crippen LogP contribution in [-0.2, 0) is 14.3 Å². The Bertz CT molecular complexity index is 1060. The van der Waals surface area contributed by atoms with Gasteiger partial charge in [-0.1, -0.05) is 69.3 Å². The van der Waals surface area contributed by atoms with E-state index >= 15 is 0 Å². The van der Waals surface area contributed by atoms with Crippen molar-refractivity contribution in [2.24, 2.45) is 5.41 Å². The van der Waals surface area contributed by atoms with Gasteiger partial charge in [0, 0.05) is 12.0 Å². The molecule has 2 aromatic carbocycles. The van der Waals surface area contributed by atoms with Gasteiger partial charge in [0.05, 0.1) is 0 Å². The van der Waals surface area contributed by atoms with Gasteiger partial charge in [0.15, 0.2) is 0 Å². The highest BCUT2D eigenvalue weighted by Crippen LogP contribution is 2.44. The molecule has 2 N–H and O–H groups in total. The van der Waals surface area contributed by atoms with E-state index in [4.69, 9.17) is 4.74 Å². The Morgan fingerprint density at radius 2 is 1.56 bits per heavy atom. The van der Waals surface area contributed by atoms with Crippen molar-refractivity contribution >= 4 is 18.0 Å². The number of rotatable bonds is 7. The molecule has 180 valence electrons. The van der Waals surface area contributed by atoms with Crippen LogP contribution in [0.3, 0.4) is 0 Å². The van der Waals surface area contributed by atoms with Crippen molar-refractivity contribution in [2.75, 3.05) is 6.61 Å². The predicted octanol–water partition coefficient (Wildman–Crippen LogP) is 4.40. The highest BCUT2D eigenvalue weighted by atomic mass is 16.5. The first-order valence-electron chi connectivity index (χ1n) is 11.8. The lowest BCUT2D eigenvalue weighted by atomic mass is 9.85. The van der Waals surface area contributed by atoms with E-state index in [1.165, 1.54) is 11.8 Å². The fourth-order valence-corrected chi connectivity index (χ4v) is 4.71. The fraction of sp³-hybridized carbons (Fsp3) is 0.444. The van der Waals surface area contributed by atoms with Gasteiger partial charge in [0.1, 0.15) is 18.7 Å². The molecule has 2 aliphatic rings. The molecule has 34 heavy (non-hydrogen) atoms. The largest absolute Gasteiger partial charge is 0.480 e. The number of aliphatic carboxylic acids is 1. The normalized spacial score (nSPS) is 16.7. The molecule has 2 aliphatic carbocycles. The number of carboxylic acids is 1. The first-order chi connectivity index (χ1) is 16.1. The zero-order valence-electron chi connectivity index (χ0n) is 20.1. The van der Waals surface area contributed by atoms with Gasteiger partial charge in [0.25, 0.3) is 0 Å².